The van der Waals surface area contributed by atoms with E-state index in [9.17, 15) is 14.4 Å². The van der Waals surface area contributed by atoms with Gasteiger partial charge in [-0.2, -0.15) is 0 Å². The summed E-state index contributed by atoms with van der Waals surface area (Å²) in [6.07, 6.45) is 1.56. The fourth-order valence-electron chi connectivity index (χ4n) is 2.96. The van der Waals surface area contributed by atoms with Crippen molar-refractivity contribution < 1.29 is 14.4 Å². The summed E-state index contributed by atoms with van der Waals surface area (Å²) >= 11 is 0. The third-order valence-electron chi connectivity index (χ3n) is 4.49. The topological polar surface area (TPSA) is 91.4 Å². The Labute approximate surface area is 184 Å². The predicted octanol–water partition coefficient (Wildman–Crippen LogP) is 3.87. The molecule has 2 aromatic rings. The fraction of sp³-hybridized carbons (Fsp3) is 0.417. The van der Waals surface area contributed by atoms with Gasteiger partial charge < -0.3 is 15.5 Å². The zero-order valence-electron chi connectivity index (χ0n) is 18.9. The molecule has 0 saturated heterocycles. The van der Waals surface area contributed by atoms with Crippen LogP contribution in [0.2, 0.25) is 0 Å². The van der Waals surface area contributed by atoms with Gasteiger partial charge in [0.05, 0.1) is 0 Å². The summed E-state index contributed by atoms with van der Waals surface area (Å²) in [6.45, 7) is 9.73. The Balaban J connectivity index is 2.09. The highest BCUT2D eigenvalue weighted by Crippen LogP contribution is 2.21. The van der Waals surface area contributed by atoms with Crippen molar-refractivity contribution in [2.45, 2.75) is 58.9 Å². The van der Waals surface area contributed by atoms with Crippen LogP contribution < -0.4 is 15.5 Å². The summed E-state index contributed by atoms with van der Waals surface area (Å²) < 4.78 is 0. The van der Waals surface area contributed by atoms with Gasteiger partial charge in [-0.05, 0) is 56.5 Å². The van der Waals surface area contributed by atoms with Crippen molar-refractivity contribution in [3.05, 3.63) is 54.2 Å². The quantitative estimate of drug-likeness (QED) is 0.673. The third kappa shape index (κ3) is 8.20. The number of nitrogens with zero attached hydrogens (tertiary/aromatic N) is 2. The van der Waals surface area contributed by atoms with Crippen LogP contribution in [0.15, 0.2) is 48.7 Å². The third-order valence-corrected chi connectivity index (χ3v) is 4.49. The van der Waals surface area contributed by atoms with Crippen LogP contribution in [0.5, 0.6) is 0 Å². The molecule has 0 aliphatic rings. The van der Waals surface area contributed by atoms with Crippen LogP contribution in [0.1, 0.15) is 58.9 Å². The molecule has 0 saturated carbocycles. The SMILES string of the molecule is CC(C)c1ccc(N(CC(=O)NC(C)(C)C)C(=O)CCC(=O)Nc2ccccn2)cc1. The second-order valence-corrected chi connectivity index (χ2v) is 8.79. The van der Waals surface area contributed by atoms with E-state index in [1.54, 1.807) is 24.4 Å². The lowest BCUT2D eigenvalue weighted by molar-refractivity contribution is -0.125. The Bertz CT molecular complexity index is 887. The normalized spacial score (nSPS) is 11.2. The zero-order valence-corrected chi connectivity index (χ0v) is 18.9. The molecule has 7 heteroatoms. The molecule has 166 valence electrons. The lowest BCUT2D eigenvalue weighted by Crippen LogP contribution is -2.47. The van der Waals surface area contributed by atoms with E-state index >= 15 is 0 Å². The Hall–Kier alpha value is -3.22. The summed E-state index contributed by atoms with van der Waals surface area (Å²) in [7, 11) is 0. The molecule has 2 N–H and O–H groups in total. The van der Waals surface area contributed by atoms with Crippen LogP contribution in [0.4, 0.5) is 11.5 Å². The monoisotopic (exact) mass is 424 g/mol. The summed E-state index contributed by atoms with van der Waals surface area (Å²) in [5.74, 6) is -0.0612. The zero-order chi connectivity index (χ0) is 23.0. The average molecular weight is 425 g/mol. The van der Waals surface area contributed by atoms with Crippen LogP contribution in [0.3, 0.4) is 0 Å². The van der Waals surface area contributed by atoms with Gasteiger partial charge in [0.15, 0.2) is 0 Å². The average Bonchev–Trinajstić information content (AvgIpc) is 2.70. The summed E-state index contributed by atoms with van der Waals surface area (Å²) in [4.78, 5) is 43.2. The number of benzene rings is 1. The molecule has 0 radical (unpaired) electrons. The number of carbonyl (C=O) groups excluding carboxylic acids is 3. The van der Waals surface area contributed by atoms with E-state index in [-0.39, 0.29) is 37.1 Å². The smallest absolute Gasteiger partial charge is 0.240 e. The molecule has 0 atom stereocenters. The first-order valence-electron chi connectivity index (χ1n) is 10.5. The van der Waals surface area contributed by atoms with Crippen molar-refractivity contribution in [3.8, 4) is 0 Å². The lowest BCUT2D eigenvalue weighted by atomic mass is 10.0. The van der Waals surface area contributed by atoms with Crippen molar-refractivity contribution in [2.24, 2.45) is 0 Å². The number of carbonyl (C=O) groups is 3. The maximum absolute atomic E-state index is 13.0. The molecule has 0 fully saturated rings. The molecule has 0 aliphatic heterocycles. The van der Waals surface area contributed by atoms with Gasteiger partial charge in [-0.3, -0.25) is 14.4 Å². The van der Waals surface area contributed by atoms with Gasteiger partial charge >= 0.3 is 0 Å². The second-order valence-electron chi connectivity index (χ2n) is 8.79. The van der Waals surface area contributed by atoms with Crippen LogP contribution in [0, 0.1) is 0 Å². The Morgan fingerprint density at radius 1 is 0.968 bits per heavy atom. The number of rotatable bonds is 8. The molecule has 31 heavy (non-hydrogen) atoms. The van der Waals surface area contributed by atoms with E-state index < -0.39 is 5.54 Å². The lowest BCUT2D eigenvalue weighted by Gasteiger charge is -2.26. The first-order valence-corrected chi connectivity index (χ1v) is 10.5. The highest BCUT2D eigenvalue weighted by molar-refractivity contribution is 6.01. The van der Waals surface area contributed by atoms with E-state index in [4.69, 9.17) is 0 Å². The fourth-order valence-corrected chi connectivity index (χ4v) is 2.96. The van der Waals surface area contributed by atoms with E-state index in [1.807, 2.05) is 45.0 Å². The minimum absolute atomic E-state index is 0.00310. The molecule has 0 aliphatic carbocycles. The molecule has 0 bridgehead atoms. The highest BCUT2D eigenvalue weighted by Gasteiger charge is 2.22. The first-order chi connectivity index (χ1) is 14.5. The Morgan fingerprint density at radius 3 is 2.19 bits per heavy atom. The van der Waals surface area contributed by atoms with Crippen molar-refractivity contribution in [2.75, 3.05) is 16.8 Å². The van der Waals surface area contributed by atoms with Gasteiger partial charge in [-0.25, -0.2) is 4.98 Å². The van der Waals surface area contributed by atoms with Crippen LogP contribution in [-0.4, -0.2) is 34.8 Å². The molecule has 1 aromatic carbocycles. The van der Waals surface area contributed by atoms with E-state index in [1.165, 1.54) is 4.90 Å². The molecule has 2 rings (SSSR count). The van der Waals surface area contributed by atoms with Gasteiger partial charge in [0.1, 0.15) is 12.4 Å². The predicted molar refractivity (Wildman–Crippen MR) is 123 cm³/mol. The van der Waals surface area contributed by atoms with Gasteiger partial charge in [-0.1, -0.05) is 32.0 Å². The number of nitrogens with one attached hydrogen (secondary N) is 2. The molecule has 0 spiro atoms. The molecule has 3 amide bonds. The van der Waals surface area contributed by atoms with E-state index in [0.717, 1.165) is 5.56 Å². The molecular formula is C24H32N4O3. The molecular weight excluding hydrogens is 392 g/mol. The summed E-state index contributed by atoms with van der Waals surface area (Å²) in [5, 5.41) is 5.55. The Kier molecular flexibility index (Phi) is 8.30. The minimum Gasteiger partial charge on any atom is -0.350 e. The first kappa shape index (κ1) is 24.1. The molecule has 1 heterocycles. The van der Waals surface area contributed by atoms with Crippen molar-refractivity contribution >= 4 is 29.2 Å². The van der Waals surface area contributed by atoms with Crippen LogP contribution in [-0.2, 0) is 14.4 Å². The standard InChI is InChI=1S/C24H32N4O3/c1-17(2)18-9-11-19(12-10-18)28(16-22(30)27-24(3,4)5)23(31)14-13-21(29)26-20-8-6-7-15-25-20/h6-12,15,17H,13-14,16H2,1-5H3,(H,27,30)(H,25,26,29). The van der Waals surface area contributed by atoms with Crippen LogP contribution in [0.25, 0.3) is 0 Å². The van der Waals surface area contributed by atoms with E-state index in [0.29, 0.717) is 17.4 Å². The van der Waals surface area contributed by atoms with Gasteiger partial charge in [0.2, 0.25) is 17.7 Å². The Morgan fingerprint density at radius 2 is 1.65 bits per heavy atom. The van der Waals surface area contributed by atoms with Gasteiger partial charge in [0.25, 0.3) is 0 Å². The van der Waals surface area contributed by atoms with Crippen molar-refractivity contribution in [1.82, 2.24) is 10.3 Å². The van der Waals surface area contributed by atoms with Crippen molar-refractivity contribution in [3.63, 3.8) is 0 Å². The van der Waals surface area contributed by atoms with Crippen molar-refractivity contribution in [1.29, 1.82) is 0 Å². The maximum Gasteiger partial charge on any atom is 0.240 e. The second kappa shape index (κ2) is 10.7. The number of aromatic nitrogens is 1. The van der Waals surface area contributed by atoms with Gasteiger partial charge in [0, 0.05) is 30.3 Å². The summed E-state index contributed by atoms with van der Waals surface area (Å²) in [5.41, 5.74) is 1.36. The number of anilines is 2. The number of hydrogen-bond acceptors (Lipinski definition) is 4. The number of hydrogen-bond donors (Lipinski definition) is 2. The summed E-state index contributed by atoms with van der Waals surface area (Å²) in [6, 6.07) is 12.8. The number of pyridine rings is 1. The molecule has 7 nitrogen and oxygen atoms in total. The van der Waals surface area contributed by atoms with E-state index in [2.05, 4.69) is 29.5 Å². The maximum atomic E-state index is 13.0. The van der Waals surface area contributed by atoms with Gasteiger partial charge in [-0.15, -0.1) is 0 Å². The highest BCUT2D eigenvalue weighted by atomic mass is 16.2. The minimum atomic E-state index is -0.407. The molecule has 0 unspecified atom stereocenters. The number of amides is 3. The largest absolute Gasteiger partial charge is 0.350 e. The molecule has 1 aromatic heterocycles. The van der Waals surface area contributed by atoms with Crippen LogP contribution >= 0.6 is 0 Å².